The molecule has 0 saturated heterocycles. The summed E-state index contributed by atoms with van der Waals surface area (Å²) in [4.78, 5) is 11.2. The number of methoxy groups -OCH3 is 1. The van der Waals surface area contributed by atoms with Crippen LogP contribution in [0.15, 0.2) is 62.6 Å². The highest BCUT2D eigenvalue weighted by atomic mass is 32.2. The maximum atomic E-state index is 12.5. The molecule has 1 heterocycles. The van der Waals surface area contributed by atoms with Crippen molar-refractivity contribution in [2.24, 2.45) is 0 Å². The Hall–Kier alpha value is -2.98. The van der Waals surface area contributed by atoms with Crippen LogP contribution in [0, 0.1) is 0 Å². The van der Waals surface area contributed by atoms with Crippen molar-refractivity contribution in [3.05, 3.63) is 64.5 Å². The number of rotatable bonds is 7. The number of hydrogen-bond acceptors (Lipinski definition) is 6. The van der Waals surface area contributed by atoms with Crippen molar-refractivity contribution in [1.29, 1.82) is 0 Å². The molecule has 0 aliphatic carbocycles. The van der Waals surface area contributed by atoms with Crippen LogP contribution >= 0.6 is 0 Å². The van der Waals surface area contributed by atoms with Crippen molar-refractivity contribution in [3.8, 4) is 11.5 Å². The average Bonchev–Trinajstić information content (AvgIpc) is 2.66. The highest BCUT2D eigenvalue weighted by molar-refractivity contribution is 7.89. The fraction of sp³-hybridized carbons (Fsp3) is 0.167. The lowest BCUT2D eigenvalue weighted by atomic mass is 10.2. The minimum Gasteiger partial charge on any atom is -0.493 e. The van der Waals surface area contributed by atoms with E-state index in [0.29, 0.717) is 10.9 Å². The lowest BCUT2D eigenvalue weighted by Gasteiger charge is -2.12. The first-order valence-corrected chi connectivity index (χ1v) is 9.42. The maximum Gasteiger partial charge on any atom is 0.387 e. The SMILES string of the molecule is COc1cc(CNS(=O)(=O)c2ccc3oc(=O)ccc3c2)ccc1OC(F)F. The van der Waals surface area contributed by atoms with Gasteiger partial charge in [0.2, 0.25) is 10.0 Å². The summed E-state index contributed by atoms with van der Waals surface area (Å²) >= 11 is 0. The summed E-state index contributed by atoms with van der Waals surface area (Å²) in [5.41, 5.74) is 0.217. The fourth-order valence-electron chi connectivity index (χ4n) is 2.49. The Morgan fingerprint density at radius 2 is 1.86 bits per heavy atom. The van der Waals surface area contributed by atoms with Gasteiger partial charge in [0, 0.05) is 18.0 Å². The Morgan fingerprint density at radius 1 is 1.07 bits per heavy atom. The van der Waals surface area contributed by atoms with Crippen LogP contribution in [0.2, 0.25) is 0 Å². The van der Waals surface area contributed by atoms with Gasteiger partial charge in [0.25, 0.3) is 0 Å². The Kier molecular flexibility index (Phi) is 5.61. The van der Waals surface area contributed by atoms with Crippen molar-refractivity contribution >= 4 is 21.0 Å². The van der Waals surface area contributed by atoms with Crippen LogP contribution in [0.1, 0.15) is 5.56 Å². The van der Waals surface area contributed by atoms with Crippen molar-refractivity contribution in [1.82, 2.24) is 4.72 Å². The molecule has 28 heavy (non-hydrogen) atoms. The number of fused-ring (bicyclic) bond motifs is 1. The third-order valence-electron chi connectivity index (χ3n) is 3.81. The second-order valence-corrected chi connectivity index (χ2v) is 7.41. The summed E-state index contributed by atoms with van der Waals surface area (Å²) in [6.45, 7) is -3.11. The van der Waals surface area contributed by atoms with Gasteiger partial charge in [-0.15, -0.1) is 0 Å². The molecule has 7 nitrogen and oxygen atoms in total. The molecule has 2 aromatic carbocycles. The Balaban J connectivity index is 1.79. The highest BCUT2D eigenvalue weighted by Gasteiger charge is 2.16. The van der Waals surface area contributed by atoms with E-state index < -0.39 is 22.3 Å². The third kappa shape index (κ3) is 4.46. The molecule has 148 valence electrons. The number of benzene rings is 2. The predicted molar refractivity (Wildman–Crippen MR) is 96.1 cm³/mol. The van der Waals surface area contributed by atoms with Gasteiger partial charge in [0.05, 0.1) is 12.0 Å². The second kappa shape index (κ2) is 7.95. The van der Waals surface area contributed by atoms with Gasteiger partial charge in [-0.3, -0.25) is 0 Å². The van der Waals surface area contributed by atoms with E-state index in [9.17, 15) is 22.0 Å². The van der Waals surface area contributed by atoms with E-state index in [1.807, 2.05) is 0 Å². The highest BCUT2D eigenvalue weighted by Crippen LogP contribution is 2.29. The van der Waals surface area contributed by atoms with Gasteiger partial charge in [-0.25, -0.2) is 17.9 Å². The smallest absolute Gasteiger partial charge is 0.387 e. The Bertz CT molecular complexity index is 1160. The maximum absolute atomic E-state index is 12.5. The number of sulfonamides is 1. The molecule has 0 unspecified atom stereocenters. The third-order valence-corrected chi connectivity index (χ3v) is 5.21. The second-order valence-electron chi connectivity index (χ2n) is 5.64. The van der Waals surface area contributed by atoms with Gasteiger partial charge in [-0.05, 0) is 42.0 Å². The van der Waals surface area contributed by atoms with Gasteiger partial charge in [-0.2, -0.15) is 8.78 Å². The number of hydrogen-bond donors (Lipinski definition) is 1. The number of halogens is 2. The van der Waals surface area contributed by atoms with Gasteiger partial charge < -0.3 is 13.9 Å². The van der Waals surface area contributed by atoms with Crippen LogP contribution in [-0.4, -0.2) is 22.1 Å². The first-order chi connectivity index (χ1) is 13.3. The van der Waals surface area contributed by atoms with E-state index >= 15 is 0 Å². The molecule has 0 aliphatic rings. The molecule has 0 saturated carbocycles. The average molecular weight is 411 g/mol. The zero-order chi connectivity index (χ0) is 20.3. The molecule has 10 heteroatoms. The van der Waals surface area contributed by atoms with Crippen LogP contribution in [0.3, 0.4) is 0 Å². The van der Waals surface area contributed by atoms with Crippen molar-refractivity contribution in [2.75, 3.05) is 7.11 Å². The molecular weight excluding hydrogens is 396 g/mol. The summed E-state index contributed by atoms with van der Waals surface area (Å²) in [5, 5.41) is 0.456. The molecule has 3 rings (SSSR count). The van der Waals surface area contributed by atoms with Crippen LogP contribution in [0.5, 0.6) is 11.5 Å². The van der Waals surface area contributed by atoms with Crippen molar-refractivity contribution in [3.63, 3.8) is 0 Å². The molecule has 0 bridgehead atoms. The monoisotopic (exact) mass is 411 g/mol. The van der Waals surface area contributed by atoms with Crippen LogP contribution in [-0.2, 0) is 16.6 Å². The molecular formula is C18H15F2NO6S. The number of nitrogens with one attached hydrogen (secondary N) is 1. The van der Waals surface area contributed by atoms with Gasteiger partial charge >= 0.3 is 12.2 Å². The van der Waals surface area contributed by atoms with E-state index in [2.05, 4.69) is 9.46 Å². The summed E-state index contributed by atoms with van der Waals surface area (Å²) < 4.78 is 66.5. The van der Waals surface area contributed by atoms with Crippen LogP contribution in [0.25, 0.3) is 11.0 Å². The van der Waals surface area contributed by atoms with Gasteiger partial charge in [0.15, 0.2) is 11.5 Å². The molecule has 0 radical (unpaired) electrons. The summed E-state index contributed by atoms with van der Waals surface area (Å²) in [6, 6.07) is 10.9. The zero-order valence-corrected chi connectivity index (χ0v) is 15.3. The van der Waals surface area contributed by atoms with Crippen molar-refractivity contribution in [2.45, 2.75) is 18.1 Å². The van der Waals surface area contributed by atoms with E-state index in [0.717, 1.165) is 0 Å². The Labute approximate surface area is 158 Å². The first kappa shape index (κ1) is 19.8. The summed E-state index contributed by atoms with van der Waals surface area (Å²) in [5.74, 6) is -0.0992. The van der Waals surface area contributed by atoms with Crippen molar-refractivity contribution < 1.29 is 31.1 Å². The van der Waals surface area contributed by atoms with E-state index in [-0.39, 0.29) is 28.5 Å². The van der Waals surface area contributed by atoms with Crippen LogP contribution in [0.4, 0.5) is 8.78 Å². The Morgan fingerprint density at radius 3 is 2.57 bits per heavy atom. The molecule has 0 aliphatic heterocycles. The predicted octanol–water partition coefficient (Wildman–Crippen LogP) is 2.88. The fourth-order valence-corrected chi connectivity index (χ4v) is 3.55. The van der Waals surface area contributed by atoms with E-state index in [1.165, 1.54) is 55.6 Å². The summed E-state index contributed by atoms with van der Waals surface area (Å²) in [7, 11) is -2.58. The standard InChI is InChI=1S/C18H15F2NO6S/c1-25-16-8-11(2-5-15(16)27-18(19)20)10-21-28(23,24)13-4-6-14-12(9-13)3-7-17(22)26-14/h2-9,18,21H,10H2,1H3. The lowest BCUT2D eigenvalue weighted by Crippen LogP contribution is -2.23. The first-order valence-electron chi connectivity index (χ1n) is 7.94. The molecule has 0 spiro atoms. The van der Waals surface area contributed by atoms with Gasteiger partial charge in [0.1, 0.15) is 5.58 Å². The minimum atomic E-state index is -3.87. The molecule has 0 amide bonds. The quantitative estimate of drug-likeness (QED) is 0.601. The normalized spacial score (nSPS) is 11.7. The van der Waals surface area contributed by atoms with Gasteiger partial charge in [-0.1, -0.05) is 6.07 Å². The molecule has 0 fully saturated rings. The topological polar surface area (TPSA) is 94.8 Å². The van der Waals surface area contributed by atoms with E-state index in [1.54, 1.807) is 0 Å². The lowest BCUT2D eigenvalue weighted by molar-refractivity contribution is -0.0512. The minimum absolute atomic E-state index is 0.0153. The van der Waals surface area contributed by atoms with Crippen LogP contribution < -0.4 is 19.8 Å². The zero-order valence-electron chi connectivity index (χ0n) is 14.5. The summed E-state index contributed by atoms with van der Waals surface area (Å²) in [6.07, 6.45) is 0. The number of alkyl halides is 2. The largest absolute Gasteiger partial charge is 0.493 e. The molecule has 0 atom stereocenters. The molecule has 1 N–H and O–H groups in total. The molecule has 1 aromatic heterocycles. The van der Waals surface area contributed by atoms with E-state index in [4.69, 9.17) is 9.15 Å². The number of ether oxygens (including phenoxy) is 2. The molecule has 3 aromatic rings.